The van der Waals surface area contributed by atoms with Gasteiger partial charge in [0.25, 0.3) is 0 Å². The molecular weight excluding hydrogens is 401 g/mol. The van der Waals surface area contributed by atoms with Crippen LogP contribution in [0, 0.1) is 34.6 Å². The number of phenols is 1. The molecule has 0 aliphatic carbocycles. The molecule has 26 heavy (non-hydrogen) atoms. The Labute approximate surface area is 181 Å². The normalized spacial score (nSPS) is 10.6. The van der Waals surface area contributed by atoms with E-state index in [4.69, 9.17) is 0 Å². The summed E-state index contributed by atoms with van der Waals surface area (Å²) in [6, 6.07) is 4.93. The second-order valence-electron chi connectivity index (χ2n) is 6.97. The molecule has 135 valence electrons. The van der Waals surface area contributed by atoms with E-state index in [1.807, 2.05) is 27.7 Å². The third-order valence-corrected chi connectivity index (χ3v) is 4.85. The Bertz CT molecular complexity index is 880. The smallest absolute Gasteiger partial charge is 0.180 e. The van der Waals surface area contributed by atoms with Crippen LogP contribution in [0.15, 0.2) is 18.2 Å². The summed E-state index contributed by atoms with van der Waals surface area (Å²) in [6.07, 6.45) is 0. The molecule has 1 N–H and O–H groups in total. The second-order valence-corrected chi connectivity index (χ2v) is 6.97. The van der Waals surface area contributed by atoms with Crippen molar-refractivity contribution in [1.82, 2.24) is 0 Å². The number of ketones is 2. The Kier molecular flexibility index (Phi) is 7.38. The van der Waals surface area contributed by atoms with Crippen molar-refractivity contribution in [3.05, 3.63) is 69.6 Å². The van der Waals surface area contributed by atoms with Crippen molar-refractivity contribution in [1.29, 1.82) is 0 Å². The maximum atomic E-state index is 13.2. The number of aryl methyl sites for hydroxylation is 1. The first-order chi connectivity index (χ1) is 11.6. The topological polar surface area (TPSA) is 54.4 Å². The fourth-order valence-corrected chi connectivity index (χ4v) is 3.65. The van der Waals surface area contributed by atoms with Crippen LogP contribution in [0.2, 0.25) is 0 Å². The quantitative estimate of drug-likeness (QED) is 0.553. The molecule has 0 aromatic heterocycles. The van der Waals surface area contributed by atoms with Crippen LogP contribution in [0.1, 0.15) is 73.9 Å². The number of aromatic hydroxyl groups is 1. The van der Waals surface area contributed by atoms with Crippen LogP contribution in [-0.4, -0.2) is 16.7 Å². The Morgan fingerprint density at radius 2 is 1.54 bits per heavy atom. The number of benzene rings is 2. The summed E-state index contributed by atoms with van der Waals surface area (Å²) in [5, 5.41) is 10.2. The maximum Gasteiger partial charge on any atom is 0.180 e. The van der Waals surface area contributed by atoms with Gasteiger partial charge in [-0.2, -0.15) is 6.92 Å². The first-order valence-electron chi connectivity index (χ1n) is 8.42. The molecule has 0 fully saturated rings. The molecule has 2 rings (SSSR count). The minimum Gasteiger partial charge on any atom is -0.507 e. The molecule has 3 nitrogen and oxygen atoms in total. The fourth-order valence-electron chi connectivity index (χ4n) is 3.65. The molecule has 0 spiro atoms. The molecule has 4 heteroatoms. The average Bonchev–Trinajstić information content (AvgIpc) is 2.49. The molecule has 2 aromatic carbocycles. The Morgan fingerprint density at radius 1 is 0.962 bits per heavy atom. The third-order valence-electron chi connectivity index (χ3n) is 4.85. The van der Waals surface area contributed by atoms with Crippen LogP contribution in [0.4, 0.5) is 0 Å². The van der Waals surface area contributed by atoms with Gasteiger partial charge >= 0.3 is 0 Å². The van der Waals surface area contributed by atoms with Crippen molar-refractivity contribution in [2.45, 2.75) is 47.5 Å². The van der Waals surface area contributed by atoms with Crippen LogP contribution in [0.25, 0.3) is 0 Å². The van der Waals surface area contributed by atoms with Crippen LogP contribution < -0.4 is 0 Å². The summed E-state index contributed by atoms with van der Waals surface area (Å²) in [7, 11) is 0. The summed E-state index contributed by atoms with van der Waals surface area (Å²) in [5.41, 5.74) is 5.42. The minimum atomic E-state index is -0.377. The Hall–Kier alpha value is -1.45. The minimum absolute atomic E-state index is 0. The Balaban J connectivity index is 0.00000338. The zero-order valence-electron chi connectivity index (χ0n) is 16.4. The molecule has 0 bridgehead atoms. The van der Waals surface area contributed by atoms with E-state index < -0.39 is 0 Å². The molecule has 0 saturated heterocycles. The number of carbonyl (C=O) groups excluding carboxylic acids is 2. The molecule has 2 aromatic rings. The van der Waals surface area contributed by atoms with E-state index in [2.05, 4.69) is 20.8 Å². The van der Waals surface area contributed by atoms with E-state index in [-0.39, 0.29) is 61.5 Å². The molecular formula is C22H25O3Y-. The van der Waals surface area contributed by atoms with Gasteiger partial charge in [-0.15, -0.1) is 11.1 Å². The van der Waals surface area contributed by atoms with Gasteiger partial charge in [0.2, 0.25) is 0 Å². The van der Waals surface area contributed by atoms with Crippen LogP contribution >= 0.6 is 0 Å². The van der Waals surface area contributed by atoms with Crippen molar-refractivity contribution >= 4 is 11.6 Å². The molecule has 0 amide bonds. The number of Topliss-reactive ketones (excluding diaryl/α,β-unsaturated/α-hetero) is 1. The van der Waals surface area contributed by atoms with Crippen molar-refractivity contribution in [2.24, 2.45) is 0 Å². The van der Waals surface area contributed by atoms with E-state index in [1.54, 1.807) is 18.2 Å². The third kappa shape index (κ3) is 3.94. The second kappa shape index (κ2) is 8.50. The van der Waals surface area contributed by atoms with Crippen molar-refractivity contribution in [3.63, 3.8) is 0 Å². The van der Waals surface area contributed by atoms with Gasteiger partial charge in [0.1, 0.15) is 5.75 Å². The van der Waals surface area contributed by atoms with Gasteiger partial charge in [-0.3, -0.25) is 4.79 Å². The van der Waals surface area contributed by atoms with Gasteiger partial charge in [0.05, 0.1) is 5.56 Å². The number of hydrogen-bond acceptors (Lipinski definition) is 3. The number of carbonyl (C=O) groups is 2. The van der Waals surface area contributed by atoms with Gasteiger partial charge in [0.15, 0.2) is 5.78 Å². The van der Waals surface area contributed by atoms with E-state index >= 15 is 0 Å². The van der Waals surface area contributed by atoms with Crippen LogP contribution in [0.5, 0.6) is 5.75 Å². The standard InChI is InChI=1S/C22H25O3.Y/c1-11(2)19-13(4)14(5)21(20(15(19)6)16(7)23)22(25)17-9-8-12(3)10-18(17)24;/h8-11,24H,7H2,1-6H3;/q-1;. The van der Waals surface area contributed by atoms with E-state index in [0.29, 0.717) is 11.1 Å². The van der Waals surface area contributed by atoms with Crippen LogP contribution in [-0.2, 0) is 32.7 Å². The van der Waals surface area contributed by atoms with Gasteiger partial charge in [-0.25, -0.2) is 0 Å². The number of rotatable bonds is 4. The summed E-state index contributed by atoms with van der Waals surface area (Å²) in [6.45, 7) is 15.2. The van der Waals surface area contributed by atoms with E-state index in [9.17, 15) is 14.7 Å². The first kappa shape index (κ1) is 22.6. The predicted molar refractivity (Wildman–Crippen MR) is 101 cm³/mol. The summed E-state index contributed by atoms with van der Waals surface area (Å²) < 4.78 is 0. The zero-order chi connectivity index (χ0) is 19.0. The Morgan fingerprint density at radius 3 is 2.00 bits per heavy atom. The van der Waals surface area contributed by atoms with Crippen molar-refractivity contribution in [3.8, 4) is 5.75 Å². The molecule has 0 heterocycles. The molecule has 0 unspecified atom stereocenters. The van der Waals surface area contributed by atoms with Crippen molar-refractivity contribution < 1.29 is 47.4 Å². The molecule has 0 aliphatic rings. The molecule has 0 aliphatic heterocycles. The predicted octanol–water partition coefficient (Wildman–Crippen LogP) is 4.99. The summed E-state index contributed by atoms with van der Waals surface area (Å²) in [4.78, 5) is 25.4. The monoisotopic (exact) mass is 426 g/mol. The molecule has 0 saturated carbocycles. The zero-order valence-corrected chi connectivity index (χ0v) is 19.2. The van der Waals surface area contributed by atoms with Crippen molar-refractivity contribution in [2.75, 3.05) is 0 Å². The maximum absolute atomic E-state index is 13.2. The van der Waals surface area contributed by atoms with Gasteiger partial charge in [-0.05, 0) is 55.5 Å². The van der Waals surface area contributed by atoms with E-state index in [1.165, 1.54) is 0 Å². The first-order valence-corrected chi connectivity index (χ1v) is 8.42. The van der Waals surface area contributed by atoms with Crippen LogP contribution in [0.3, 0.4) is 0 Å². The van der Waals surface area contributed by atoms with Gasteiger partial charge in [-0.1, -0.05) is 38.0 Å². The number of phenolic OH excluding ortho intramolecular Hbond substituents is 1. The molecule has 1 radical (unpaired) electrons. The summed E-state index contributed by atoms with van der Waals surface area (Å²) >= 11 is 0. The van der Waals surface area contributed by atoms with Gasteiger partial charge in [0, 0.05) is 38.5 Å². The SMILES string of the molecule is [CH2-]C(=O)c1c(C)c(C(C)C)c(C)c(C)c1C(=O)c1ccc(C)cc1O.[Y]. The van der Waals surface area contributed by atoms with E-state index in [0.717, 1.165) is 27.8 Å². The fraction of sp³-hybridized carbons (Fsp3) is 0.318. The van der Waals surface area contributed by atoms with Gasteiger partial charge < -0.3 is 9.90 Å². The largest absolute Gasteiger partial charge is 0.507 e. The summed E-state index contributed by atoms with van der Waals surface area (Å²) in [5.74, 6) is -0.565. The number of hydrogen-bond donors (Lipinski definition) is 1. The average molecular weight is 426 g/mol. The molecule has 0 atom stereocenters.